The van der Waals surface area contributed by atoms with E-state index in [0.29, 0.717) is 0 Å². The Morgan fingerprint density at radius 1 is 0.571 bits per heavy atom. The Hall–Kier alpha value is -0.0400. The Bertz CT molecular complexity index is 182. The Morgan fingerprint density at radius 2 is 0.952 bits per heavy atom. The fourth-order valence-electron chi connectivity index (χ4n) is 3.63. The van der Waals surface area contributed by atoms with Crippen LogP contribution in [0.4, 0.5) is 0 Å². The van der Waals surface area contributed by atoms with Crippen molar-refractivity contribution in [3.63, 3.8) is 0 Å². The standard InChI is InChI=1S/C20H41N/c1-2-20-16-12-10-8-6-4-3-5-7-9-11-14-18-21-19-15-13-17-20/h20-21H,2-19H2,1H3. The summed E-state index contributed by atoms with van der Waals surface area (Å²) in [6.45, 7) is 4.88. The maximum absolute atomic E-state index is 3.63. The largest absolute Gasteiger partial charge is 0.317 e. The molecule has 0 amide bonds. The summed E-state index contributed by atoms with van der Waals surface area (Å²) in [5, 5.41) is 3.63. The third-order valence-corrected chi connectivity index (χ3v) is 5.26. The summed E-state index contributed by atoms with van der Waals surface area (Å²) in [7, 11) is 0. The summed E-state index contributed by atoms with van der Waals surface area (Å²) in [6.07, 6.45) is 23.3. The summed E-state index contributed by atoms with van der Waals surface area (Å²) in [5.74, 6) is 1.01. The quantitative estimate of drug-likeness (QED) is 0.584. The van der Waals surface area contributed by atoms with E-state index >= 15 is 0 Å². The first-order valence-corrected chi connectivity index (χ1v) is 10.1. The predicted octanol–water partition coefficient (Wildman–Crippen LogP) is 6.47. The van der Waals surface area contributed by atoms with E-state index in [9.17, 15) is 0 Å². The first-order chi connectivity index (χ1) is 10.4. The predicted molar refractivity (Wildman–Crippen MR) is 95.9 cm³/mol. The molecular weight excluding hydrogens is 254 g/mol. The number of rotatable bonds is 1. The van der Waals surface area contributed by atoms with E-state index in [2.05, 4.69) is 12.2 Å². The van der Waals surface area contributed by atoms with Crippen LogP contribution < -0.4 is 5.32 Å². The molecule has 1 nitrogen and oxygen atoms in total. The van der Waals surface area contributed by atoms with E-state index in [0.717, 1.165) is 5.92 Å². The van der Waals surface area contributed by atoms with Crippen LogP contribution >= 0.6 is 0 Å². The van der Waals surface area contributed by atoms with E-state index in [1.165, 1.54) is 116 Å². The van der Waals surface area contributed by atoms with Gasteiger partial charge in [-0.2, -0.15) is 0 Å². The first kappa shape index (κ1) is 19.0. The smallest absolute Gasteiger partial charge is 0.00489 e. The van der Waals surface area contributed by atoms with Crippen molar-refractivity contribution in [2.24, 2.45) is 5.92 Å². The molecule has 0 aliphatic carbocycles. The Kier molecular flexibility index (Phi) is 13.5. The third kappa shape index (κ3) is 12.2. The van der Waals surface area contributed by atoms with Crippen molar-refractivity contribution >= 4 is 0 Å². The first-order valence-electron chi connectivity index (χ1n) is 10.1. The van der Waals surface area contributed by atoms with E-state index in [1.54, 1.807) is 0 Å². The number of hydrogen-bond acceptors (Lipinski definition) is 1. The van der Waals surface area contributed by atoms with Gasteiger partial charge in [0.05, 0.1) is 0 Å². The zero-order chi connectivity index (χ0) is 15.0. The molecular formula is C20H41N. The molecule has 1 unspecified atom stereocenters. The van der Waals surface area contributed by atoms with Gasteiger partial charge in [-0.05, 0) is 31.8 Å². The van der Waals surface area contributed by atoms with Gasteiger partial charge in [0.15, 0.2) is 0 Å². The van der Waals surface area contributed by atoms with Gasteiger partial charge in [0, 0.05) is 0 Å². The van der Waals surface area contributed by atoms with Gasteiger partial charge in [0.1, 0.15) is 0 Å². The van der Waals surface area contributed by atoms with Gasteiger partial charge in [-0.1, -0.05) is 96.8 Å². The highest BCUT2D eigenvalue weighted by molar-refractivity contribution is 4.60. The molecule has 1 N–H and O–H groups in total. The summed E-state index contributed by atoms with van der Waals surface area (Å²) in [4.78, 5) is 0. The number of nitrogens with one attached hydrogen (secondary N) is 1. The van der Waals surface area contributed by atoms with Crippen molar-refractivity contribution in [1.82, 2.24) is 5.32 Å². The normalized spacial score (nSPS) is 26.4. The molecule has 0 radical (unpaired) electrons. The molecule has 126 valence electrons. The summed E-state index contributed by atoms with van der Waals surface area (Å²) in [6, 6.07) is 0. The average molecular weight is 296 g/mol. The zero-order valence-electron chi connectivity index (χ0n) is 14.8. The van der Waals surface area contributed by atoms with Gasteiger partial charge >= 0.3 is 0 Å². The van der Waals surface area contributed by atoms with E-state index in [-0.39, 0.29) is 0 Å². The summed E-state index contributed by atoms with van der Waals surface area (Å²) >= 11 is 0. The minimum atomic E-state index is 1.01. The van der Waals surface area contributed by atoms with Crippen LogP contribution in [0.2, 0.25) is 0 Å². The van der Waals surface area contributed by atoms with Gasteiger partial charge in [-0.15, -0.1) is 0 Å². The van der Waals surface area contributed by atoms with Crippen LogP contribution in [0.15, 0.2) is 0 Å². The molecule has 0 aromatic carbocycles. The minimum absolute atomic E-state index is 1.01. The Balaban J connectivity index is 2.14. The highest BCUT2D eigenvalue weighted by atomic mass is 14.8. The van der Waals surface area contributed by atoms with Crippen LogP contribution in [0, 0.1) is 5.92 Å². The summed E-state index contributed by atoms with van der Waals surface area (Å²) < 4.78 is 0. The molecule has 1 heteroatoms. The lowest BCUT2D eigenvalue weighted by Crippen LogP contribution is -2.16. The van der Waals surface area contributed by atoms with E-state index in [4.69, 9.17) is 0 Å². The molecule has 1 fully saturated rings. The monoisotopic (exact) mass is 295 g/mol. The van der Waals surface area contributed by atoms with Gasteiger partial charge in [-0.25, -0.2) is 0 Å². The maximum atomic E-state index is 3.63. The van der Waals surface area contributed by atoms with Crippen molar-refractivity contribution in [1.29, 1.82) is 0 Å². The van der Waals surface area contributed by atoms with Crippen LogP contribution in [-0.2, 0) is 0 Å². The highest BCUT2D eigenvalue weighted by Crippen LogP contribution is 2.20. The average Bonchev–Trinajstić information content (AvgIpc) is 2.51. The van der Waals surface area contributed by atoms with Crippen molar-refractivity contribution < 1.29 is 0 Å². The molecule has 1 saturated heterocycles. The molecule has 1 rings (SSSR count). The lowest BCUT2D eigenvalue weighted by molar-refractivity contribution is 0.394. The van der Waals surface area contributed by atoms with Crippen molar-refractivity contribution in [3.05, 3.63) is 0 Å². The van der Waals surface area contributed by atoms with E-state index in [1.807, 2.05) is 0 Å². The molecule has 0 saturated carbocycles. The van der Waals surface area contributed by atoms with Crippen LogP contribution in [0.1, 0.15) is 110 Å². The summed E-state index contributed by atoms with van der Waals surface area (Å²) in [5.41, 5.74) is 0. The van der Waals surface area contributed by atoms with Gasteiger partial charge in [0.25, 0.3) is 0 Å². The van der Waals surface area contributed by atoms with Crippen LogP contribution in [0.3, 0.4) is 0 Å². The molecule has 1 heterocycles. The molecule has 1 aliphatic rings. The zero-order valence-corrected chi connectivity index (χ0v) is 14.8. The second-order valence-corrected chi connectivity index (χ2v) is 7.20. The second kappa shape index (κ2) is 14.9. The van der Waals surface area contributed by atoms with Crippen LogP contribution in [0.25, 0.3) is 0 Å². The molecule has 1 aliphatic heterocycles. The SMILES string of the molecule is CCC1CCCCCCCCCCCCCNCCCC1. The van der Waals surface area contributed by atoms with Crippen molar-refractivity contribution in [2.45, 2.75) is 110 Å². The van der Waals surface area contributed by atoms with Crippen molar-refractivity contribution in [3.8, 4) is 0 Å². The Labute approximate surface area is 134 Å². The lowest BCUT2D eigenvalue weighted by Gasteiger charge is -2.14. The second-order valence-electron chi connectivity index (χ2n) is 7.20. The molecule has 21 heavy (non-hydrogen) atoms. The molecule has 0 bridgehead atoms. The highest BCUT2D eigenvalue weighted by Gasteiger charge is 2.06. The van der Waals surface area contributed by atoms with Crippen LogP contribution in [0.5, 0.6) is 0 Å². The fourth-order valence-corrected chi connectivity index (χ4v) is 3.63. The van der Waals surface area contributed by atoms with Gasteiger partial charge in [0.2, 0.25) is 0 Å². The third-order valence-electron chi connectivity index (χ3n) is 5.26. The van der Waals surface area contributed by atoms with Crippen molar-refractivity contribution in [2.75, 3.05) is 13.1 Å². The Morgan fingerprint density at radius 3 is 1.48 bits per heavy atom. The number of hydrogen-bond donors (Lipinski definition) is 1. The molecule has 0 aromatic heterocycles. The van der Waals surface area contributed by atoms with Crippen LogP contribution in [-0.4, -0.2) is 13.1 Å². The molecule has 0 spiro atoms. The molecule has 1 atom stereocenters. The fraction of sp³-hybridized carbons (Fsp3) is 1.00. The molecule has 0 aromatic rings. The maximum Gasteiger partial charge on any atom is -0.00489 e. The van der Waals surface area contributed by atoms with E-state index < -0.39 is 0 Å². The topological polar surface area (TPSA) is 12.0 Å². The minimum Gasteiger partial charge on any atom is -0.317 e. The van der Waals surface area contributed by atoms with Gasteiger partial charge < -0.3 is 5.32 Å². The van der Waals surface area contributed by atoms with Gasteiger partial charge in [-0.3, -0.25) is 0 Å². The lowest BCUT2D eigenvalue weighted by atomic mass is 9.93.